The van der Waals surface area contributed by atoms with E-state index in [-0.39, 0.29) is 10.6 Å². The Balaban J connectivity index is 1.97. The number of rotatable bonds is 4. The van der Waals surface area contributed by atoms with Crippen molar-refractivity contribution in [3.05, 3.63) is 45.4 Å². The molecule has 2 amide bonds. The number of nitrogens with zero attached hydrogens (tertiary/aromatic N) is 1. The normalized spacial score (nSPS) is 10.1. The molecule has 0 spiro atoms. The van der Waals surface area contributed by atoms with Crippen molar-refractivity contribution in [2.24, 2.45) is 0 Å². The predicted molar refractivity (Wildman–Crippen MR) is 76.4 cm³/mol. The predicted octanol–water partition coefficient (Wildman–Crippen LogP) is 2.82. The molecular weight excluding hydrogens is 302 g/mol. The first kappa shape index (κ1) is 14.3. The molecule has 20 heavy (non-hydrogen) atoms. The van der Waals surface area contributed by atoms with Gasteiger partial charge in [-0.15, -0.1) is 11.3 Å². The third-order valence-corrected chi connectivity index (χ3v) is 3.47. The van der Waals surface area contributed by atoms with Gasteiger partial charge in [0.2, 0.25) is 0 Å². The van der Waals surface area contributed by atoms with Crippen LogP contribution in [0.25, 0.3) is 0 Å². The molecule has 0 unspecified atom stereocenters. The summed E-state index contributed by atoms with van der Waals surface area (Å²) < 4.78 is 0. The van der Waals surface area contributed by atoms with E-state index < -0.39 is 12.0 Å². The van der Waals surface area contributed by atoms with E-state index in [2.05, 4.69) is 15.6 Å². The van der Waals surface area contributed by atoms with Gasteiger partial charge in [-0.25, -0.2) is 9.59 Å². The molecule has 0 fully saturated rings. The fourth-order valence-electron chi connectivity index (χ4n) is 1.44. The zero-order chi connectivity index (χ0) is 14.5. The Hall–Kier alpha value is -2.12. The van der Waals surface area contributed by atoms with E-state index in [0.717, 1.165) is 4.88 Å². The lowest BCUT2D eigenvalue weighted by Crippen LogP contribution is -2.27. The largest absolute Gasteiger partial charge is 0.478 e. The highest BCUT2D eigenvalue weighted by Crippen LogP contribution is 2.20. The number of hydrogen-bond donors (Lipinski definition) is 3. The van der Waals surface area contributed by atoms with Gasteiger partial charge in [-0.2, -0.15) is 0 Å². The van der Waals surface area contributed by atoms with Gasteiger partial charge in [-0.05, 0) is 18.2 Å². The van der Waals surface area contributed by atoms with Gasteiger partial charge in [-0.3, -0.25) is 4.98 Å². The molecule has 1 aromatic heterocycles. The third kappa shape index (κ3) is 3.69. The molecule has 0 aliphatic carbocycles. The molecule has 3 N–H and O–H groups in total. The highest BCUT2D eigenvalue weighted by atomic mass is 35.5. The summed E-state index contributed by atoms with van der Waals surface area (Å²) >= 11 is 7.17. The molecule has 0 atom stereocenters. The number of benzene rings is 1. The molecular formula is C12H10ClN3O3S. The van der Waals surface area contributed by atoms with E-state index >= 15 is 0 Å². The Bertz CT molecular complexity index is 631. The Labute approximate surface area is 123 Å². The van der Waals surface area contributed by atoms with Gasteiger partial charge in [0, 0.05) is 16.8 Å². The molecule has 104 valence electrons. The Kier molecular flexibility index (Phi) is 4.54. The van der Waals surface area contributed by atoms with Crippen LogP contribution < -0.4 is 10.6 Å². The first-order valence-corrected chi connectivity index (χ1v) is 6.77. The number of carbonyl (C=O) groups is 2. The first-order chi connectivity index (χ1) is 9.56. The number of hydrogen-bond acceptors (Lipinski definition) is 4. The minimum atomic E-state index is -1.15. The second kappa shape index (κ2) is 6.36. The topological polar surface area (TPSA) is 91.3 Å². The minimum Gasteiger partial charge on any atom is -0.478 e. The average Bonchev–Trinajstić information content (AvgIpc) is 2.91. The van der Waals surface area contributed by atoms with Gasteiger partial charge in [0.1, 0.15) is 0 Å². The van der Waals surface area contributed by atoms with Crippen molar-refractivity contribution in [1.29, 1.82) is 0 Å². The van der Waals surface area contributed by atoms with E-state index in [4.69, 9.17) is 16.7 Å². The third-order valence-electron chi connectivity index (χ3n) is 2.36. The summed E-state index contributed by atoms with van der Waals surface area (Å²) in [4.78, 5) is 27.4. The summed E-state index contributed by atoms with van der Waals surface area (Å²) in [5.41, 5.74) is 1.97. The number of halogens is 1. The molecule has 1 heterocycles. The maximum atomic E-state index is 11.7. The molecule has 6 nitrogen and oxygen atoms in total. The van der Waals surface area contributed by atoms with Crippen LogP contribution in [-0.4, -0.2) is 22.1 Å². The van der Waals surface area contributed by atoms with Crippen molar-refractivity contribution in [3.63, 3.8) is 0 Å². The molecule has 0 saturated carbocycles. The van der Waals surface area contributed by atoms with E-state index in [9.17, 15) is 9.59 Å². The zero-order valence-electron chi connectivity index (χ0n) is 10.1. The molecule has 8 heteroatoms. The number of aromatic carboxylic acids is 1. The molecule has 0 bridgehead atoms. The van der Waals surface area contributed by atoms with E-state index in [1.54, 1.807) is 11.7 Å². The Morgan fingerprint density at radius 1 is 1.40 bits per heavy atom. The molecule has 0 aliphatic rings. The van der Waals surface area contributed by atoms with Gasteiger partial charge in [-0.1, -0.05) is 11.6 Å². The number of amides is 2. The lowest BCUT2D eigenvalue weighted by atomic mass is 10.2. The van der Waals surface area contributed by atoms with Gasteiger partial charge >= 0.3 is 12.0 Å². The summed E-state index contributed by atoms with van der Waals surface area (Å²) in [6, 6.07) is 3.82. The van der Waals surface area contributed by atoms with Gasteiger partial charge in [0.05, 0.1) is 22.6 Å². The van der Waals surface area contributed by atoms with Crippen LogP contribution in [0.3, 0.4) is 0 Å². The van der Waals surface area contributed by atoms with Crippen LogP contribution in [0.2, 0.25) is 5.02 Å². The van der Waals surface area contributed by atoms with Crippen LogP contribution in [0.4, 0.5) is 10.5 Å². The van der Waals surface area contributed by atoms with Crippen molar-refractivity contribution >= 4 is 40.6 Å². The minimum absolute atomic E-state index is 0.0630. The number of carbonyl (C=O) groups excluding carboxylic acids is 1. The fraction of sp³-hybridized carbons (Fsp3) is 0.0833. The molecule has 2 aromatic rings. The van der Waals surface area contributed by atoms with Crippen LogP contribution in [0.1, 0.15) is 15.2 Å². The average molecular weight is 312 g/mol. The second-order valence-electron chi connectivity index (χ2n) is 3.78. The van der Waals surface area contributed by atoms with Crippen molar-refractivity contribution in [1.82, 2.24) is 10.3 Å². The number of nitrogens with one attached hydrogen (secondary N) is 2. The maximum absolute atomic E-state index is 11.7. The summed E-state index contributed by atoms with van der Waals surface area (Å²) in [6.45, 7) is 0.357. The van der Waals surface area contributed by atoms with Crippen LogP contribution in [0.5, 0.6) is 0 Å². The summed E-state index contributed by atoms with van der Waals surface area (Å²) in [7, 11) is 0. The number of anilines is 1. The highest BCUT2D eigenvalue weighted by molar-refractivity contribution is 7.09. The van der Waals surface area contributed by atoms with Gasteiger partial charge in [0.25, 0.3) is 0 Å². The summed E-state index contributed by atoms with van der Waals surface area (Å²) in [6.07, 6.45) is 1.66. The van der Waals surface area contributed by atoms with Crippen molar-refractivity contribution in [2.75, 3.05) is 5.32 Å². The van der Waals surface area contributed by atoms with Crippen LogP contribution in [0.15, 0.2) is 29.9 Å². The Morgan fingerprint density at radius 2 is 2.20 bits per heavy atom. The number of urea groups is 1. The smallest absolute Gasteiger partial charge is 0.337 e. The summed E-state index contributed by atoms with van der Waals surface area (Å²) in [5, 5.41) is 14.2. The first-order valence-electron chi connectivity index (χ1n) is 5.51. The quantitative estimate of drug-likeness (QED) is 0.809. The number of carboxylic acids is 1. The van der Waals surface area contributed by atoms with Gasteiger partial charge in [0.15, 0.2) is 0 Å². The summed E-state index contributed by atoms with van der Waals surface area (Å²) in [5.74, 6) is -1.15. The monoisotopic (exact) mass is 311 g/mol. The molecule has 0 aliphatic heterocycles. The van der Waals surface area contributed by atoms with Crippen molar-refractivity contribution in [3.8, 4) is 0 Å². The van der Waals surface area contributed by atoms with Crippen molar-refractivity contribution in [2.45, 2.75) is 6.54 Å². The molecule has 0 radical (unpaired) electrons. The van der Waals surface area contributed by atoms with E-state index in [1.165, 1.54) is 29.5 Å². The lowest BCUT2D eigenvalue weighted by Gasteiger charge is -2.08. The van der Waals surface area contributed by atoms with Gasteiger partial charge < -0.3 is 15.7 Å². The maximum Gasteiger partial charge on any atom is 0.337 e. The number of carboxylic acid groups (broad SMARTS) is 1. The fourth-order valence-corrected chi connectivity index (χ4v) is 2.17. The van der Waals surface area contributed by atoms with E-state index in [0.29, 0.717) is 12.2 Å². The van der Waals surface area contributed by atoms with Crippen LogP contribution >= 0.6 is 22.9 Å². The zero-order valence-corrected chi connectivity index (χ0v) is 11.7. The lowest BCUT2D eigenvalue weighted by molar-refractivity contribution is 0.0697. The number of thiazole rings is 1. The Morgan fingerprint density at radius 3 is 2.85 bits per heavy atom. The van der Waals surface area contributed by atoms with Crippen LogP contribution in [-0.2, 0) is 6.54 Å². The molecule has 2 rings (SSSR count). The second-order valence-corrected chi connectivity index (χ2v) is 5.15. The standard InChI is InChI=1S/C12H10ClN3O3S/c13-10-2-1-7(3-9(10)11(17)18)16-12(19)15-5-8-4-14-6-20-8/h1-4,6H,5H2,(H,17,18)(H2,15,16,19). The molecule has 1 aromatic carbocycles. The van der Waals surface area contributed by atoms with E-state index in [1.807, 2.05) is 0 Å². The van der Waals surface area contributed by atoms with Crippen molar-refractivity contribution < 1.29 is 14.7 Å². The highest BCUT2D eigenvalue weighted by Gasteiger charge is 2.10. The number of aromatic nitrogens is 1. The SMILES string of the molecule is O=C(NCc1cncs1)Nc1ccc(Cl)c(C(=O)O)c1. The molecule has 0 saturated heterocycles. The van der Waals surface area contributed by atoms with Crippen LogP contribution in [0, 0.1) is 0 Å².